The number of alkyl halides is 3. The van der Waals surface area contributed by atoms with Crippen molar-refractivity contribution in [1.82, 2.24) is 14.9 Å². The highest BCUT2D eigenvalue weighted by atomic mass is 32.2. The van der Waals surface area contributed by atoms with Gasteiger partial charge in [-0.25, -0.2) is 27.6 Å². The number of hydrogen-bond donors (Lipinski definition) is 4. The van der Waals surface area contributed by atoms with Crippen LogP contribution in [0.5, 0.6) is 0 Å². The molecule has 0 bridgehead atoms. The molecule has 1 aliphatic heterocycles. The van der Waals surface area contributed by atoms with Gasteiger partial charge in [-0.3, -0.25) is 4.90 Å². The van der Waals surface area contributed by atoms with Crippen LogP contribution in [0.2, 0.25) is 0 Å². The van der Waals surface area contributed by atoms with E-state index in [0.717, 1.165) is 19.2 Å². The van der Waals surface area contributed by atoms with E-state index in [2.05, 4.69) is 35.2 Å². The first-order valence-corrected chi connectivity index (χ1v) is 18.1. The van der Waals surface area contributed by atoms with Crippen LogP contribution in [0.25, 0.3) is 11.1 Å². The van der Waals surface area contributed by atoms with Gasteiger partial charge in [0.15, 0.2) is 0 Å². The zero-order chi connectivity index (χ0) is 38.2. The van der Waals surface area contributed by atoms with Gasteiger partial charge in [0.05, 0.1) is 46.5 Å². The number of carbonyl (C=O) groups is 2. The number of nitrogens with zero attached hydrogens (tertiary/aromatic N) is 4. The van der Waals surface area contributed by atoms with E-state index in [9.17, 15) is 31.4 Å². The van der Waals surface area contributed by atoms with Crippen LogP contribution in [0.4, 0.5) is 60.4 Å². The molecule has 3 amide bonds. The molecule has 5 rings (SSSR count). The number of nitrogens with one attached hydrogen (secondary N) is 4. The molecule has 3 aromatic carbocycles. The standard InChI is InChI=1S/C34H35F5N8O5S/c1-3-52-33(49)46-53(2,50)24-6-4-5-23(19-24)42-31-41-20-25(30(45-31)40-11-12-47-13-15-51-16-14-47)21-7-10-28(27(36)17-21)43-32(48)44-29-18-22(34(37,38)39)8-9-26(29)35/h4-10,17-20H,3,11-16H2,1-2H3,(H2,43,44,48)(H2,40,41,42,45)/t53-/m1/s1. The van der Waals surface area contributed by atoms with Crippen LogP contribution in [0, 0.1) is 11.6 Å². The van der Waals surface area contributed by atoms with Crippen molar-refractivity contribution >= 4 is 50.7 Å². The maximum atomic E-state index is 15.4. The number of amides is 3. The minimum atomic E-state index is -4.77. The van der Waals surface area contributed by atoms with Crippen molar-refractivity contribution in [3.8, 4) is 11.1 Å². The molecule has 0 saturated carbocycles. The molecule has 19 heteroatoms. The Morgan fingerprint density at radius 2 is 1.75 bits per heavy atom. The molecular weight excluding hydrogens is 727 g/mol. The lowest BCUT2D eigenvalue weighted by Gasteiger charge is -2.26. The van der Waals surface area contributed by atoms with Gasteiger partial charge in [0, 0.05) is 54.8 Å². The predicted molar refractivity (Wildman–Crippen MR) is 189 cm³/mol. The second kappa shape index (κ2) is 17.0. The third kappa shape index (κ3) is 10.6. The molecule has 0 radical (unpaired) electrons. The van der Waals surface area contributed by atoms with Gasteiger partial charge in [0.25, 0.3) is 0 Å². The van der Waals surface area contributed by atoms with Crippen LogP contribution < -0.4 is 21.3 Å². The smallest absolute Gasteiger partial charge is 0.442 e. The molecule has 0 unspecified atom stereocenters. The molecule has 2 heterocycles. The van der Waals surface area contributed by atoms with Crippen LogP contribution in [0.1, 0.15) is 12.5 Å². The molecule has 1 aromatic heterocycles. The fraction of sp³-hybridized carbons (Fsp3) is 0.294. The van der Waals surface area contributed by atoms with Crippen molar-refractivity contribution in [2.24, 2.45) is 4.36 Å². The number of rotatable bonds is 11. The number of benzene rings is 3. The van der Waals surface area contributed by atoms with E-state index in [-0.39, 0.29) is 23.1 Å². The fourth-order valence-electron chi connectivity index (χ4n) is 5.09. The van der Waals surface area contributed by atoms with Crippen molar-refractivity contribution in [2.45, 2.75) is 18.0 Å². The minimum Gasteiger partial charge on any atom is -0.448 e. The summed E-state index contributed by atoms with van der Waals surface area (Å²) in [5.74, 6) is -1.57. The summed E-state index contributed by atoms with van der Waals surface area (Å²) in [4.78, 5) is 35.8. The lowest BCUT2D eigenvalue weighted by atomic mass is 10.1. The van der Waals surface area contributed by atoms with Crippen molar-refractivity contribution in [3.63, 3.8) is 0 Å². The summed E-state index contributed by atoms with van der Waals surface area (Å²) < 4.78 is 95.8. The quantitative estimate of drug-likeness (QED) is 0.115. The van der Waals surface area contributed by atoms with Crippen LogP contribution in [0.15, 0.2) is 76.1 Å². The van der Waals surface area contributed by atoms with Gasteiger partial charge in [-0.1, -0.05) is 12.1 Å². The molecule has 1 fully saturated rings. The summed E-state index contributed by atoms with van der Waals surface area (Å²) in [5.41, 5.74) is -1.11. The second-order valence-corrected chi connectivity index (χ2v) is 13.8. The van der Waals surface area contributed by atoms with Gasteiger partial charge < -0.3 is 30.7 Å². The Hall–Kier alpha value is -5.40. The van der Waals surface area contributed by atoms with Crippen molar-refractivity contribution in [3.05, 3.63) is 84.1 Å². The molecule has 4 N–H and O–H groups in total. The fourth-order valence-corrected chi connectivity index (χ4v) is 6.21. The van der Waals surface area contributed by atoms with E-state index < -0.39 is 50.9 Å². The first-order valence-electron chi connectivity index (χ1n) is 16.1. The Labute approximate surface area is 301 Å². The highest BCUT2D eigenvalue weighted by molar-refractivity contribution is 7.93. The third-order valence-corrected chi connectivity index (χ3v) is 9.35. The van der Waals surface area contributed by atoms with Crippen molar-refractivity contribution < 1.29 is 45.2 Å². The van der Waals surface area contributed by atoms with E-state index >= 15 is 4.39 Å². The van der Waals surface area contributed by atoms with Gasteiger partial charge in [-0.05, 0) is 61.0 Å². The van der Waals surface area contributed by atoms with Crippen molar-refractivity contribution in [2.75, 3.05) is 73.5 Å². The Balaban J connectivity index is 1.37. The van der Waals surface area contributed by atoms with E-state index in [4.69, 9.17) is 9.47 Å². The number of aromatic nitrogens is 2. The number of morpholine rings is 1. The first kappa shape index (κ1) is 38.8. The van der Waals surface area contributed by atoms with Crippen molar-refractivity contribution in [1.29, 1.82) is 0 Å². The largest absolute Gasteiger partial charge is 0.448 e. The molecule has 53 heavy (non-hydrogen) atoms. The topological polar surface area (TPSA) is 159 Å². The van der Waals surface area contributed by atoms with Crippen LogP contribution in [0.3, 0.4) is 0 Å². The van der Waals surface area contributed by atoms with E-state index in [1.807, 2.05) is 5.32 Å². The average molecular weight is 763 g/mol. The lowest BCUT2D eigenvalue weighted by Crippen LogP contribution is -2.39. The monoisotopic (exact) mass is 762 g/mol. The number of carbonyl (C=O) groups excluding carboxylic acids is 2. The zero-order valence-electron chi connectivity index (χ0n) is 28.4. The summed E-state index contributed by atoms with van der Waals surface area (Å²) >= 11 is 0. The summed E-state index contributed by atoms with van der Waals surface area (Å²) in [6, 6.07) is 10.5. The van der Waals surface area contributed by atoms with Gasteiger partial charge in [-0.2, -0.15) is 18.2 Å². The minimum absolute atomic E-state index is 0.0785. The third-order valence-electron chi connectivity index (χ3n) is 7.73. The number of anilines is 5. The number of ether oxygens (including phenoxy) is 2. The van der Waals surface area contributed by atoms with Crippen LogP contribution >= 0.6 is 0 Å². The number of halogens is 5. The average Bonchev–Trinajstić information content (AvgIpc) is 3.10. The van der Waals surface area contributed by atoms with Gasteiger partial charge in [-0.15, -0.1) is 4.36 Å². The second-order valence-electron chi connectivity index (χ2n) is 11.5. The van der Waals surface area contributed by atoms with E-state index in [1.165, 1.54) is 30.7 Å². The lowest BCUT2D eigenvalue weighted by molar-refractivity contribution is -0.137. The maximum Gasteiger partial charge on any atom is 0.442 e. The number of hydrogen-bond acceptors (Lipinski definition) is 10. The zero-order valence-corrected chi connectivity index (χ0v) is 29.2. The highest BCUT2D eigenvalue weighted by Gasteiger charge is 2.31. The van der Waals surface area contributed by atoms with Crippen LogP contribution in [-0.4, -0.2) is 83.5 Å². The van der Waals surface area contributed by atoms with E-state index in [0.29, 0.717) is 67.1 Å². The predicted octanol–water partition coefficient (Wildman–Crippen LogP) is 7.19. The van der Waals surface area contributed by atoms with Gasteiger partial charge in [0.2, 0.25) is 5.95 Å². The maximum absolute atomic E-state index is 15.4. The summed E-state index contributed by atoms with van der Waals surface area (Å²) in [6.07, 6.45) is -2.96. The molecule has 282 valence electrons. The Bertz CT molecular complexity index is 2090. The molecule has 1 atom stereocenters. The van der Waals surface area contributed by atoms with Gasteiger partial charge >= 0.3 is 18.3 Å². The molecule has 13 nitrogen and oxygen atoms in total. The molecule has 0 spiro atoms. The summed E-state index contributed by atoms with van der Waals surface area (Å²) in [7, 11) is -3.14. The molecule has 1 aliphatic rings. The molecular formula is C34H35F5N8O5S. The molecule has 0 aliphatic carbocycles. The SMILES string of the molecule is CCOC(=O)N=[S@](C)(=O)c1cccc(Nc2ncc(-c3ccc(NC(=O)Nc4cc(C(F)(F)F)ccc4F)c(F)c3)c(NCCN3CCOCC3)n2)c1. The number of urea groups is 1. The summed E-state index contributed by atoms with van der Waals surface area (Å²) in [6.45, 7) is 5.49. The Morgan fingerprint density at radius 1 is 1.00 bits per heavy atom. The Morgan fingerprint density at radius 3 is 2.47 bits per heavy atom. The molecule has 4 aromatic rings. The highest BCUT2D eigenvalue weighted by Crippen LogP contribution is 2.33. The van der Waals surface area contributed by atoms with Gasteiger partial charge in [0.1, 0.15) is 17.5 Å². The first-order chi connectivity index (χ1) is 25.2. The normalized spacial score (nSPS) is 14.5. The van der Waals surface area contributed by atoms with Crippen LogP contribution in [-0.2, 0) is 25.4 Å². The van der Waals surface area contributed by atoms with E-state index in [1.54, 1.807) is 25.1 Å². The molecule has 1 saturated heterocycles. The summed E-state index contributed by atoms with van der Waals surface area (Å²) in [5, 5.41) is 10.5. The Kier molecular flexibility index (Phi) is 12.4.